The van der Waals surface area contributed by atoms with Crippen LogP contribution in [-0.2, 0) is 7.05 Å². The highest BCUT2D eigenvalue weighted by Crippen LogP contribution is 2.29. The Labute approximate surface area is 124 Å². The number of rotatable bonds is 4. The second-order valence-corrected chi connectivity index (χ2v) is 5.50. The summed E-state index contributed by atoms with van der Waals surface area (Å²) >= 11 is 0. The molecule has 1 atom stereocenters. The van der Waals surface area contributed by atoms with Crippen LogP contribution in [0.3, 0.4) is 0 Å². The molecular formula is C16H21N3O2. The summed E-state index contributed by atoms with van der Waals surface area (Å²) in [5.41, 5.74) is 3.72. The number of carboxylic acids is 1. The first-order chi connectivity index (χ1) is 9.82. The van der Waals surface area contributed by atoms with Crippen molar-refractivity contribution in [1.29, 1.82) is 0 Å². The molecule has 1 N–H and O–H groups in total. The summed E-state index contributed by atoms with van der Waals surface area (Å²) in [6.07, 6.45) is 0. The van der Waals surface area contributed by atoms with E-state index in [4.69, 9.17) is 0 Å². The fourth-order valence-electron chi connectivity index (χ4n) is 2.48. The van der Waals surface area contributed by atoms with E-state index in [2.05, 4.69) is 16.9 Å². The van der Waals surface area contributed by atoms with Crippen molar-refractivity contribution in [3.63, 3.8) is 0 Å². The molecule has 0 aliphatic rings. The maximum Gasteiger partial charge on any atom is 0.354 e. The highest BCUT2D eigenvalue weighted by molar-refractivity contribution is 5.95. The maximum absolute atomic E-state index is 11.4. The number of benzene rings is 1. The molecule has 5 heteroatoms. The van der Waals surface area contributed by atoms with Gasteiger partial charge in [-0.25, -0.2) is 4.79 Å². The molecule has 0 saturated heterocycles. The molecule has 1 aromatic heterocycles. The molecule has 2 aromatic rings. The number of carbonyl (C=O) groups is 1. The summed E-state index contributed by atoms with van der Waals surface area (Å²) in [6.45, 7) is 3.96. The molecule has 0 amide bonds. The molecule has 0 radical (unpaired) electrons. The van der Waals surface area contributed by atoms with Crippen LogP contribution in [0.25, 0.3) is 11.1 Å². The molecule has 112 valence electrons. The Bertz CT molecular complexity index is 657. The summed E-state index contributed by atoms with van der Waals surface area (Å²) < 4.78 is 1.42. The molecular weight excluding hydrogens is 266 g/mol. The van der Waals surface area contributed by atoms with Crippen LogP contribution in [0.1, 0.15) is 34.7 Å². The van der Waals surface area contributed by atoms with Gasteiger partial charge in [0.15, 0.2) is 5.69 Å². The molecule has 1 heterocycles. The molecule has 2 rings (SSSR count). The largest absolute Gasteiger partial charge is 0.477 e. The van der Waals surface area contributed by atoms with Crippen LogP contribution in [0.2, 0.25) is 0 Å². The summed E-state index contributed by atoms with van der Waals surface area (Å²) in [4.78, 5) is 13.6. The zero-order valence-electron chi connectivity index (χ0n) is 13.1. The Balaban J connectivity index is 2.47. The quantitative estimate of drug-likeness (QED) is 0.939. The van der Waals surface area contributed by atoms with Gasteiger partial charge in [-0.05, 0) is 39.1 Å². The van der Waals surface area contributed by atoms with Crippen LogP contribution in [0.4, 0.5) is 0 Å². The van der Waals surface area contributed by atoms with Crippen molar-refractivity contribution in [2.24, 2.45) is 7.05 Å². The van der Waals surface area contributed by atoms with Crippen LogP contribution in [0.5, 0.6) is 0 Å². The van der Waals surface area contributed by atoms with E-state index >= 15 is 0 Å². The zero-order valence-corrected chi connectivity index (χ0v) is 13.1. The SMILES string of the molecule is Cc1nn(C)c(C(=O)O)c1-c1ccc([C@H](C)N(C)C)cc1. The third-order valence-electron chi connectivity index (χ3n) is 3.88. The van der Waals surface area contributed by atoms with Crippen LogP contribution in [-0.4, -0.2) is 39.9 Å². The van der Waals surface area contributed by atoms with Crippen molar-refractivity contribution in [3.8, 4) is 11.1 Å². The smallest absolute Gasteiger partial charge is 0.354 e. The topological polar surface area (TPSA) is 58.4 Å². The normalized spacial score (nSPS) is 12.7. The van der Waals surface area contributed by atoms with E-state index in [1.165, 1.54) is 10.2 Å². The first kappa shape index (κ1) is 15.3. The monoisotopic (exact) mass is 287 g/mol. The summed E-state index contributed by atoms with van der Waals surface area (Å²) in [6, 6.07) is 8.32. The zero-order chi connectivity index (χ0) is 15.7. The van der Waals surface area contributed by atoms with Crippen molar-refractivity contribution < 1.29 is 9.90 Å². The van der Waals surface area contributed by atoms with E-state index in [1.807, 2.05) is 45.3 Å². The number of aromatic nitrogens is 2. The molecule has 0 fully saturated rings. The fraction of sp³-hybridized carbons (Fsp3) is 0.375. The molecule has 0 aliphatic carbocycles. The average molecular weight is 287 g/mol. The van der Waals surface area contributed by atoms with Gasteiger partial charge in [-0.1, -0.05) is 24.3 Å². The van der Waals surface area contributed by atoms with Gasteiger partial charge in [0.05, 0.1) is 5.69 Å². The highest BCUT2D eigenvalue weighted by atomic mass is 16.4. The Kier molecular flexibility index (Phi) is 4.14. The van der Waals surface area contributed by atoms with Crippen molar-refractivity contribution in [3.05, 3.63) is 41.2 Å². The van der Waals surface area contributed by atoms with Gasteiger partial charge in [-0.15, -0.1) is 0 Å². The lowest BCUT2D eigenvalue weighted by molar-refractivity contribution is 0.0686. The lowest BCUT2D eigenvalue weighted by Crippen LogP contribution is -2.16. The molecule has 5 nitrogen and oxygen atoms in total. The van der Waals surface area contributed by atoms with Gasteiger partial charge in [0, 0.05) is 18.7 Å². The molecule has 0 unspecified atom stereocenters. The lowest BCUT2D eigenvalue weighted by atomic mass is 9.99. The van der Waals surface area contributed by atoms with Gasteiger partial charge in [0.25, 0.3) is 0 Å². The van der Waals surface area contributed by atoms with Gasteiger partial charge in [0.2, 0.25) is 0 Å². The van der Waals surface area contributed by atoms with E-state index in [-0.39, 0.29) is 5.69 Å². The van der Waals surface area contributed by atoms with Crippen molar-refractivity contribution >= 4 is 5.97 Å². The number of nitrogens with zero attached hydrogens (tertiary/aromatic N) is 3. The summed E-state index contributed by atoms with van der Waals surface area (Å²) in [7, 11) is 5.72. The number of hydrogen-bond acceptors (Lipinski definition) is 3. The number of carboxylic acid groups (broad SMARTS) is 1. The van der Waals surface area contributed by atoms with E-state index in [1.54, 1.807) is 7.05 Å². The average Bonchev–Trinajstić information content (AvgIpc) is 2.72. The summed E-state index contributed by atoms with van der Waals surface area (Å²) in [5.74, 6) is -0.959. The van der Waals surface area contributed by atoms with Crippen LogP contribution >= 0.6 is 0 Å². The lowest BCUT2D eigenvalue weighted by Gasteiger charge is -2.20. The highest BCUT2D eigenvalue weighted by Gasteiger charge is 2.20. The van der Waals surface area contributed by atoms with Gasteiger partial charge in [0.1, 0.15) is 0 Å². The number of hydrogen-bond donors (Lipinski definition) is 1. The van der Waals surface area contributed by atoms with Crippen LogP contribution in [0.15, 0.2) is 24.3 Å². The standard InChI is InChI=1S/C16H21N3O2/c1-10-14(15(16(20)21)19(5)17-10)13-8-6-12(7-9-13)11(2)18(3)4/h6-9,11H,1-5H3,(H,20,21)/t11-/m0/s1. The first-order valence-corrected chi connectivity index (χ1v) is 6.86. The van der Waals surface area contributed by atoms with Crippen molar-refractivity contribution in [2.75, 3.05) is 14.1 Å². The molecule has 1 aromatic carbocycles. The van der Waals surface area contributed by atoms with Crippen LogP contribution < -0.4 is 0 Å². The maximum atomic E-state index is 11.4. The van der Waals surface area contributed by atoms with E-state index in [9.17, 15) is 9.90 Å². The molecule has 0 aliphatic heterocycles. The first-order valence-electron chi connectivity index (χ1n) is 6.86. The van der Waals surface area contributed by atoms with E-state index in [0.29, 0.717) is 11.6 Å². The minimum absolute atomic E-state index is 0.223. The Morgan fingerprint density at radius 1 is 1.29 bits per heavy atom. The van der Waals surface area contributed by atoms with Crippen LogP contribution in [0, 0.1) is 6.92 Å². The van der Waals surface area contributed by atoms with E-state index < -0.39 is 5.97 Å². The third kappa shape index (κ3) is 2.83. The Morgan fingerprint density at radius 3 is 2.33 bits per heavy atom. The molecule has 0 bridgehead atoms. The van der Waals surface area contributed by atoms with Gasteiger partial charge >= 0.3 is 5.97 Å². The molecule has 21 heavy (non-hydrogen) atoms. The fourth-order valence-corrected chi connectivity index (χ4v) is 2.48. The summed E-state index contributed by atoms with van der Waals surface area (Å²) in [5, 5.41) is 13.6. The van der Waals surface area contributed by atoms with Gasteiger partial charge in [-0.3, -0.25) is 4.68 Å². The second kappa shape index (κ2) is 5.69. The van der Waals surface area contributed by atoms with Crippen molar-refractivity contribution in [2.45, 2.75) is 19.9 Å². The predicted octanol–water partition coefficient (Wildman–Crippen LogP) is 2.72. The third-order valence-corrected chi connectivity index (χ3v) is 3.88. The van der Waals surface area contributed by atoms with Crippen molar-refractivity contribution in [1.82, 2.24) is 14.7 Å². The minimum atomic E-state index is -0.959. The van der Waals surface area contributed by atoms with E-state index in [0.717, 1.165) is 11.3 Å². The van der Waals surface area contributed by atoms with Gasteiger partial charge in [-0.2, -0.15) is 5.10 Å². The van der Waals surface area contributed by atoms with Gasteiger partial charge < -0.3 is 10.0 Å². The predicted molar refractivity (Wildman–Crippen MR) is 82.4 cm³/mol. The minimum Gasteiger partial charge on any atom is -0.477 e. The molecule has 0 spiro atoms. The Morgan fingerprint density at radius 2 is 1.86 bits per heavy atom. The number of aryl methyl sites for hydroxylation is 2. The number of aromatic carboxylic acids is 1. The second-order valence-electron chi connectivity index (χ2n) is 5.50. The molecule has 0 saturated carbocycles. The Hall–Kier alpha value is -2.14.